The number of hydrogen-bond acceptors (Lipinski definition) is 4. The predicted molar refractivity (Wildman–Crippen MR) is 86.0 cm³/mol. The minimum absolute atomic E-state index is 0.0776. The number of thioether (sulfide) groups is 1. The zero-order valence-electron chi connectivity index (χ0n) is 13.0. The van der Waals surface area contributed by atoms with E-state index in [0.29, 0.717) is 11.3 Å². The second-order valence-electron chi connectivity index (χ2n) is 5.39. The Bertz CT molecular complexity index is 630. The number of amides is 3. The van der Waals surface area contributed by atoms with E-state index in [1.165, 1.54) is 16.7 Å². The Morgan fingerprint density at radius 3 is 2.68 bits per heavy atom. The lowest BCUT2D eigenvalue weighted by Gasteiger charge is -2.22. The van der Waals surface area contributed by atoms with Crippen molar-refractivity contribution in [1.82, 2.24) is 10.2 Å². The molecule has 1 heterocycles. The summed E-state index contributed by atoms with van der Waals surface area (Å²) < 4.78 is 0. The van der Waals surface area contributed by atoms with Crippen LogP contribution in [-0.2, 0) is 9.59 Å². The van der Waals surface area contributed by atoms with Crippen LogP contribution in [0.15, 0.2) is 23.1 Å². The molecule has 1 aliphatic rings. The van der Waals surface area contributed by atoms with Crippen LogP contribution in [0, 0.1) is 0 Å². The van der Waals surface area contributed by atoms with E-state index in [-0.39, 0.29) is 23.0 Å². The lowest BCUT2D eigenvalue weighted by molar-refractivity contribution is -0.130. The van der Waals surface area contributed by atoms with E-state index >= 15 is 0 Å². The molecule has 1 aromatic rings. The normalized spacial score (nSPS) is 18.0. The standard InChI is InChI=1S/C15H19N3O3S/c1-8(15(21)18(3)4)16-14(20)10-5-6-12-11(7-10)17-13(19)9(2)22-12/h5-9H,1-4H3,(H,16,20)(H,17,19)/t8-,9+/m0/s1. The Hall–Kier alpha value is -2.02. The summed E-state index contributed by atoms with van der Waals surface area (Å²) >= 11 is 1.46. The fourth-order valence-corrected chi connectivity index (χ4v) is 3.01. The van der Waals surface area contributed by atoms with Gasteiger partial charge >= 0.3 is 0 Å². The van der Waals surface area contributed by atoms with Crippen LogP contribution in [0.25, 0.3) is 0 Å². The van der Waals surface area contributed by atoms with Gasteiger partial charge in [0.1, 0.15) is 6.04 Å². The highest BCUT2D eigenvalue weighted by Gasteiger charge is 2.24. The van der Waals surface area contributed by atoms with Crippen LogP contribution in [0.5, 0.6) is 0 Å². The summed E-state index contributed by atoms with van der Waals surface area (Å²) in [6.45, 7) is 3.47. The molecule has 0 bridgehead atoms. The molecule has 22 heavy (non-hydrogen) atoms. The molecule has 0 saturated heterocycles. The Kier molecular flexibility index (Phi) is 4.75. The summed E-state index contributed by atoms with van der Waals surface area (Å²) in [6.07, 6.45) is 0. The number of nitrogens with one attached hydrogen (secondary N) is 2. The minimum Gasteiger partial charge on any atom is -0.347 e. The molecule has 118 valence electrons. The number of likely N-dealkylation sites (N-methyl/N-ethyl adjacent to an activating group) is 1. The van der Waals surface area contributed by atoms with Gasteiger partial charge in [-0.15, -0.1) is 11.8 Å². The van der Waals surface area contributed by atoms with Crippen LogP contribution >= 0.6 is 11.8 Å². The molecule has 0 aromatic heterocycles. The lowest BCUT2D eigenvalue weighted by atomic mass is 10.1. The van der Waals surface area contributed by atoms with Gasteiger partial charge < -0.3 is 15.5 Å². The minimum atomic E-state index is -0.609. The van der Waals surface area contributed by atoms with Crippen LogP contribution in [0.2, 0.25) is 0 Å². The zero-order valence-corrected chi connectivity index (χ0v) is 13.8. The van der Waals surface area contributed by atoms with Crippen molar-refractivity contribution in [2.75, 3.05) is 19.4 Å². The van der Waals surface area contributed by atoms with Gasteiger partial charge in [-0.1, -0.05) is 0 Å². The zero-order chi connectivity index (χ0) is 16.4. The molecule has 0 radical (unpaired) electrons. The molecular weight excluding hydrogens is 302 g/mol. The summed E-state index contributed by atoms with van der Waals surface area (Å²) in [5.41, 5.74) is 1.04. The summed E-state index contributed by atoms with van der Waals surface area (Å²) in [5, 5.41) is 5.29. The molecule has 0 saturated carbocycles. The molecule has 0 fully saturated rings. The van der Waals surface area contributed by atoms with Gasteiger partial charge in [-0.05, 0) is 32.0 Å². The van der Waals surface area contributed by atoms with Crippen LogP contribution in [0.1, 0.15) is 24.2 Å². The third-order valence-electron chi connectivity index (χ3n) is 3.33. The number of hydrogen-bond donors (Lipinski definition) is 2. The van der Waals surface area contributed by atoms with Crippen molar-refractivity contribution < 1.29 is 14.4 Å². The Morgan fingerprint density at radius 2 is 2.05 bits per heavy atom. The summed E-state index contributed by atoms with van der Waals surface area (Å²) in [5.74, 6) is -0.599. The van der Waals surface area contributed by atoms with Crippen molar-refractivity contribution in [1.29, 1.82) is 0 Å². The monoisotopic (exact) mass is 321 g/mol. The first-order chi connectivity index (χ1) is 10.3. The van der Waals surface area contributed by atoms with Gasteiger partial charge in [0.05, 0.1) is 10.9 Å². The van der Waals surface area contributed by atoms with Crippen LogP contribution in [-0.4, -0.2) is 48.0 Å². The summed E-state index contributed by atoms with van der Waals surface area (Å²) in [6, 6.07) is 4.53. The van der Waals surface area contributed by atoms with Crippen molar-refractivity contribution in [3.8, 4) is 0 Å². The SMILES string of the molecule is C[C@H](NC(=O)c1ccc2c(c1)NC(=O)[C@@H](C)S2)C(=O)N(C)C. The smallest absolute Gasteiger partial charge is 0.251 e. The van der Waals surface area contributed by atoms with E-state index in [9.17, 15) is 14.4 Å². The van der Waals surface area contributed by atoms with Crippen LogP contribution in [0.3, 0.4) is 0 Å². The molecule has 2 atom stereocenters. The summed E-state index contributed by atoms with van der Waals surface area (Å²) in [4.78, 5) is 38.0. The fourth-order valence-electron chi connectivity index (χ4n) is 2.08. The predicted octanol–water partition coefficient (Wildman–Crippen LogP) is 1.33. The molecule has 2 rings (SSSR count). The number of nitrogens with zero attached hydrogens (tertiary/aromatic N) is 1. The van der Waals surface area contributed by atoms with Gasteiger partial charge in [-0.2, -0.15) is 0 Å². The number of fused-ring (bicyclic) bond motifs is 1. The Morgan fingerprint density at radius 1 is 1.36 bits per heavy atom. The van der Waals surface area contributed by atoms with Gasteiger partial charge in [-0.3, -0.25) is 14.4 Å². The first-order valence-corrected chi connectivity index (χ1v) is 7.81. The largest absolute Gasteiger partial charge is 0.347 e. The maximum absolute atomic E-state index is 12.2. The molecule has 6 nitrogen and oxygen atoms in total. The first-order valence-electron chi connectivity index (χ1n) is 6.93. The summed E-state index contributed by atoms with van der Waals surface area (Å²) in [7, 11) is 3.27. The van der Waals surface area contributed by atoms with Gasteiger partial charge in [0.15, 0.2) is 0 Å². The van der Waals surface area contributed by atoms with Gasteiger partial charge in [-0.25, -0.2) is 0 Å². The van der Waals surface area contributed by atoms with Gasteiger partial charge in [0.2, 0.25) is 11.8 Å². The molecule has 0 spiro atoms. The maximum atomic E-state index is 12.2. The fraction of sp³-hybridized carbons (Fsp3) is 0.400. The Balaban J connectivity index is 2.13. The van der Waals surface area contributed by atoms with E-state index in [2.05, 4.69) is 10.6 Å². The van der Waals surface area contributed by atoms with Gasteiger partial charge in [0.25, 0.3) is 5.91 Å². The quantitative estimate of drug-likeness (QED) is 0.880. The second kappa shape index (κ2) is 6.39. The molecule has 0 aliphatic carbocycles. The molecule has 2 N–H and O–H groups in total. The van der Waals surface area contributed by atoms with E-state index in [1.807, 2.05) is 13.0 Å². The second-order valence-corrected chi connectivity index (χ2v) is 6.77. The van der Waals surface area contributed by atoms with Crippen molar-refractivity contribution >= 4 is 35.2 Å². The van der Waals surface area contributed by atoms with Crippen LogP contribution in [0.4, 0.5) is 5.69 Å². The average Bonchev–Trinajstić information content (AvgIpc) is 2.46. The highest BCUT2D eigenvalue weighted by atomic mass is 32.2. The molecule has 0 unspecified atom stereocenters. The Labute approximate surface area is 133 Å². The number of carbonyl (C=O) groups is 3. The third-order valence-corrected chi connectivity index (χ3v) is 4.51. The highest BCUT2D eigenvalue weighted by molar-refractivity contribution is 8.00. The van der Waals surface area contributed by atoms with Crippen molar-refractivity contribution in [3.63, 3.8) is 0 Å². The molecule has 1 aliphatic heterocycles. The third kappa shape index (κ3) is 3.41. The van der Waals surface area contributed by atoms with E-state index in [4.69, 9.17) is 0 Å². The average molecular weight is 321 g/mol. The molecule has 1 aromatic carbocycles. The number of rotatable bonds is 3. The van der Waals surface area contributed by atoms with E-state index < -0.39 is 6.04 Å². The first kappa shape index (κ1) is 16.4. The van der Waals surface area contributed by atoms with Gasteiger partial charge in [0, 0.05) is 24.6 Å². The number of carbonyl (C=O) groups excluding carboxylic acids is 3. The van der Waals surface area contributed by atoms with E-state index in [1.54, 1.807) is 33.2 Å². The highest BCUT2D eigenvalue weighted by Crippen LogP contribution is 2.35. The maximum Gasteiger partial charge on any atom is 0.251 e. The van der Waals surface area contributed by atoms with Crippen LogP contribution < -0.4 is 10.6 Å². The number of benzene rings is 1. The molecule has 3 amide bonds. The van der Waals surface area contributed by atoms with Crippen molar-refractivity contribution in [2.45, 2.75) is 30.0 Å². The van der Waals surface area contributed by atoms with E-state index in [0.717, 1.165) is 4.90 Å². The molecule has 7 heteroatoms. The van der Waals surface area contributed by atoms with Crippen molar-refractivity contribution in [3.05, 3.63) is 23.8 Å². The van der Waals surface area contributed by atoms with Crippen molar-refractivity contribution in [2.24, 2.45) is 0 Å². The number of anilines is 1. The lowest BCUT2D eigenvalue weighted by Crippen LogP contribution is -2.44. The topological polar surface area (TPSA) is 78.5 Å². The molecular formula is C15H19N3O3S.